The molecule has 0 radical (unpaired) electrons. The van der Waals surface area contributed by atoms with Crippen molar-refractivity contribution < 1.29 is 9.84 Å². The van der Waals surface area contributed by atoms with Crippen LogP contribution in [0, 0.1) is 0 Å². The number of para-hydroxylation sites is 1. The summed E-state index contributed by atoms with van der Waals surface area (Å²) in [6, 6.07) is 6.11. The molecule has 3 aromatic heterocycles. The van der Waals surface area contributed by atoms with Crippen LogP contribution < -0.4 is 15.4 Å². The smallest absolute Gasteiger partial charge is 0.223 e. The van der Waals surface area contributed by atoms with Crippen molar-refractivity contribution in [2.45, 2.75) is 57.7 Å². The first-order valence-electron chi connectivity index (χ1n) is 11.2. The summed E-state index contributed by atoms with van der Waals surface area (Å²) in [5, 5.41) is 20.2. The fourth-order valence-corrected chi connectivity index (χ4v) is 4.64. The van der Waals surface area contributed by atoms with Crippen LogP contribution in [0.4, 0.5) is 11.6 Å². The average molecular weight is 451 g/mol. The Labute approximate surface area is 192 Å². The molecule has 1 saturated heterocycles. The largest absolute Gasteiger partial charge is 0.494 e. The maximum absolute atomic E-state index is 10.1. The van der Waals surface area contributed by atoms with Crippen molar-refractivity contribution in [3.05, 3.63) is 36.4 Å². The maximum atomic E-state index is 10.1. The van der Waals surface area contributed by atoms with Crippen molar-refractivity contribution in [3.8, 4) is 5.75 Å². The Morgan fingerprint density at radius 3 is 2.82 bits per heavy atom. The molecule has 0 spiro atoms. The number of rotatable bonds is 5. The third kappa shape index (κ3) is 3.95. The number of hydrogen-bond donors (Lipinski definition) is 2. The number of fused-ring (bicyclic) bond motifs is 3. The number of methoxy groups -OCH3 is 1. The van der Waals surface area contributed by atoms with Crippen molar-refractivity contribution in [2.24, 2.45) is 0 Å². The molecule has 1 aliphatic heterocycles. The van der Waals surface area contributed by atoms with Crippen LogP contribution in [0.5, 0.6) is 5.75 Å². The van der Waals surface area contributed by atoms with Gasteiger partial charge in [-0.2, -0.15) is 9.61 Å². The summed E-state index contributed by atoms with van der Waals surface area (Å²) >= 11 is 0. The molecule has 0 bridgehead atoms. The fraction of sp³-hybridized carbons (Fsp3) is 0.478. The van der Waals surface area contributed by atoms with Crippen LogP contribution in [0.15, 0.2) is 30.6 Å². The van der Waals surface area contributed by atoms with Gasteiger partial charge in [0.1, 0.15) is 11.3 Å². The van der Waals surface area contributed by atoms with Crippen LogP contribution >= 0.6 is 0 Å². The number of piperidine rings is 1. The lowest BCUT2D eigenvalue weighted by atomic mass is 9.92. The Bertz CT molecular complexity index is 1310. The normalized spacial score (nSPS) is 19.5. The standard InChI is InChI=1S/C23H30N8O2/c1-14-8-9-15(11-30(14)16-10-25-29(12-16)13-23(2,3)32)20-27-21-17-6-5-7-18(33-4)19(17)26-22(24)31(21)28-20/h5-7,10,12,14-15,32H,8-9,11,13H2,1-4H3,(H2,24,26). The summed E-state index contributed by atoms with van der Waals surface area (Å²) in [6.45, 7) is 7.00. The topological polar surface area (TPSA) is 120 Å². The zero-order valence-electron chi connectivity index (χ0n) is 19.4. The molecule has 10 nitrogen and oxygen atoms in total. The molecule has 3 N–H and O–H groups in total. The Morgan fingerprint density at radius 1 is 1.24 bits per heavy atom. The van der Waals surface area contributed by atoms with E-state index in [2.05, 4.69) is 21.9 Å². The van der Waals surface area contributed by atoms with E-state index in [1.165, 1.54) is 0 Å². The van der Waals surface area contributed by atoms with Gasteiger partial charge in [-0.25, -0.2) is 9.97 Å². The van der Waals surface area contributed by atoms with E-state index in [0.29, 0.717) is 29.5 Å². The first-order chi connectivity index (χ1) is 15.7. The number of aliphatic hydroxyl groups is 1. The molecule has 2 unspecified atom stereocenters. The van der Waals surface area contributed by atoms with Gasteiger partial charge in [-0.05, 0) is 45.7 Å². The molecule has 2 atom stereocenters. The minimum Gasteiger partial charge on any atom is -0.494 e. The summed E-state index contributed by atoms with van der Waals surface area (Å²) in [6.07, 6.45) is 5.86. The second-order valence-electron chi connectivity index (χ2n) is 9.52. The van der Waals surface area contributed by atoms with Gasteiger partial charge in [-0.1, -0.05) is 6.07 Å². The molecule has 0 aliphatic carbocycles. The van der Waals surface area contributed by atoms with E-state index < -0.39 is 5.60 Å². The van der Waals surface area contributed by atoms with E-state index in [-0.39, 0.29) is 11.9 Å². The van der Waals surface area contributed by atoms with Crippen LogP contribution in [0.3, 0.4) is 0 Å². The predicted octanol–water partition coefficient (Wildman–Crippen LogP) is 2.61. The van der Waals surface area contributed by atoms with Crippen molar-refractivity contribution in [2.75, 3.05) is 24.3 Å². The highest BCUT2D eigenvalue weighted by Gasteiger charge is 2.31. The zero-order chi connectivity index (χ0) is 23.3. The maximum Gasteiger partial charge on any atom is 0.223 e. The van der Waals surface area contributed by atoms with Crippen LogP contribution in [0.2, 0.25) is 0 Å². The number of aromatic nitrogens is 6. The van der Waals surface area contributed by atoms with E-state index in [4.69, 9.17) is 20.6 Å². The van der Waals surface area contributed by atoms with Gasteiger partial charge in [0.2, 0.25) is 5.95 Å². The Hall–Kier alpha value is -3.40. The second-order valence-corrected chi connectivity index (χ2v) is 9.52. The number of hydrogen-bond acceptors (Lipinski definition) is 8. The van der Waals surface area contributed by atoms with Gasteiger partial charge in [-0.3, -0.25) is 4.68 Å². The highest BCUT2D eigenvalue weighted by atomic mass is 16.5. The minimum absolute atomic E-state index is 0.152. The zero-order valence-corrected chi connectivity index (χ0v) is 19.4. The molecule has 5 rings (SSSR count). The highest BCUT2D eigenvalue weighted by molar-refractivity contribution is 5.95. The lowest BCUT2D eigenvalue weighted by Crippen LogP contribution is -2.41. The first kappa shape index (κ1) is 21.4. The van der Waals surface area contributed by atoms with Gasteiger partial charge in [0.05, 0.1) is 31.1 Å². The molecule has 33 heavy (non-hydrogen) atoms. The van der Waals surface area contributed by atoms with Gasteiger partial charge >= 0.3 is 0 Å². The molecule has 4 aromatic rings. The molecule has 1 fully saturated rings. The number of nitrogens with zero attached hydrogens (tertiary/aromatic N) is 7. The summed E-state index contributed by atoms with van der Waals surface area (Å²) < 4.78 is 8.87. The van der Waals surface area contributed by atoms with E-state index >= 15 is 0 Å². The Morgan fingerprint density at radius 2 is 2.06 bits per heavy atom. The molecule has 1 aromatic carbocycles. The quantitative estimate of drug-likeness (QED) is 0.476. The third-order valence-electron chi connectivity index (χ3n) is 6.27. The Balaban J connectivity index is 1.47. The third-order valence-corrected chi connectivity index (χ3v) is 6.27. The average Bonchev–Trinajstić information content (AvgIpc) is 3.41. The van der Waals surface area contributed by atoms with Crippen LogP contribution in [0.25, 0.3) is 16.6 Å². The van der Waals surface area contributed by atoms with E-state index in [9.17, 15) is 5.11 Å². The molecule has 1 aliphatic rings. The summed E-state index contributed by atoms with van der Waals surface area (Å²) in [4.78, 5) is 11.8. The Kier molecular flexibility index (Phi) is 5.12. The monoisotopic (exact) mass is 450 g/mol. The number of benzene rings is 1. The SMILES string of the molecule is COc1cccc2c1nc(N)n1nc(C3CCC(C)N(c4cnn(CC(C)(C)O)c4)C3)nc21. The van der Waals surface area contributed by atoms with Gasteiger partial charge in [-0.15, -0.1) is 5.10 Å². The van der Waals surface area contributed by atoms with Gasteiger partial charge in [0.15, 0.2) is 11.5 Å². The summed E-state index contributed by atoms with van der Waals surface area (Å²) in [5.41, 5.74) is 7.82. The fourth-order valence-electron chi connectivity index (χ4n) is 4.64. The molecule has 0 amide bonds. The number of nitrogen functional groups attached to an aromatic ring is 1. The first-order valence-corrected chi connectivity index (χ1v) is 11.2. The predicted molar refractivity (Wildman–Crippen MR) is 127 cm³/mol. The van der Waals surface area contributed by atoms with Gasteiger partial charge in [0, 0.05) is 30.1 Å². The molecular weight excluding hydrogens is 420 g/mol. The van der Waals surface area contributed by atoms with E-state index in [1.54, 1.807) is 30.2 Å². The molecule has 4 heterocycles. The van der Waals surface area contributed by atoms with Gasteiger partial charge in [0.25, 0.3) is 0 Å². The number of anilines is 2. The summed E-state index contributed by atoms with van der Waals surface area (Å²) in [5.74, 6) is 1.86. The summed E-state index contributed by atoms with van der Waals surface area (Å²) in [7, 11) is 1.62. The lowest BCUT2D eigenvalue weighted by molar-refractivity contribution is 0.0577. The van der Waals surface area contributed by atoms with E-state index in [0.717, 1.165) is 36.3 Å². The molecule has 0 saturated carbocycles. The second kappa shape index (κ2) is 7.87. The molecule has 10 heteroatoms. The molecule has 174 valence electrons. The molecular formula is C23H30N8O2. The lowest BCUT2D eigenvalue weighted by Gasteiger charge is -2.37. The van der Waals surface area contributed by atoms with Gasteiger partial charge < -0.3 is 20.5 Å². The van der Waals surface area contributed by atoms with Crippen molar-refractivity contribution >= 4 is 28.2 Å². The van der Waals surface area contributed by atoms with E-state index in [1.807, 2.05) is 30.6 Å². The highest BCUT2D eigenvalue weighted by Crippen LogP contribution is 2.34. The van der Waals surface area contributed by atoms with Crippen molar-refractivity contribution in [3.63, 3.8) is 0 Å². The number of ether oxygens (including phenoxy) is 1. The van der Waals surface area contributed by atoms with Crippen LogP contribution in [0.1, 0.15) is 45.4 Å². The van der Waals surface area contributed by atoms with Crippen molar-refractivity contribution in [1.82, 2.24) is 29.4 Å². The van der Waals surface area contributed by atoms with Crippen LogP contribution in [-0.2, 0) is 6.54 Å². The van der Waals surface area contributed by atoms with Crippen molar-refractivity contribution in [1.29, 1.82) is 0 Å². The minimum atomic E-state index is -0.820. The number of nitrogens with two attached hydrogens (primary N) is 1. The van der Waals surface area contributed by atoms with Crippen LogP contribution in [-0.4, -0.2) is 59.8 Å².